The van der Waals surface area contributed by atoms with Gasteiger partial charge in [0.05, 0.1) is 12.8 Å². The summed E-state index contributed by atoms with van der Waals surface area (Å²) in [5.74, 6) is -1.45. The fraction of sp³-hybridized carbons (Fsp3) is 0.438. The lowest BCUT2D eigenvalue weighted by molar-refractivity contribution is -0.136. The van der Waals surface area contributed by atoms with E-state index in [0.29, 0.717) is 5.70 Å². The minimum absolute atomic E-state index is 0.00266. The van der Waals surface area contributed by atoms with Gasteiger partial charge in [-0.25, -0.2) is 4.39 Å². The van der Waals surface area contributed by atoms with Crippen LogP contribution < -0.4 is 10.6 Å². The topological polar surface area (TPSA) is 87.7 Å². The average molecular weight is 337 g/mol. The minimum Gasteiger partial charge on any atom is -0.498 e. The maximum absolute atomic E-state index is 14.5. The number of allylic oxidation sites excluding steroid dienone is 2. The van der Waals surface area contributed by atoms with E-state index in [2.05, 4.69) is 10.6 Å². The van der Waals surface area contributed by atoms with Crippen molar-refractivity contribution in [1.82, 2.24) is 15.5 Å². The highest BCUT2D eigenvalue weighted by atomic mass is 19.1. The van der Waals surface area contributed by atoms with Crippen LogP contribution in [0.15, 0.2) is 35.3 Å². The number of nitrogens with zero attached hydrogens (tertiary/aromatic N) is 1. The van der Waals surface area contributed by atoms with Gasteiger partial charge in [0, 0.05) is 26.1 Å². The molecule has 8 heteroatoms. The number of hydrogen-bond donors (Lipinski definition) is 2. The van der Waals surface area contributed by atoms with Crippen molar-refractivity contribution in [1.29, 1.82) is 0 Å². The number of piperidine rings is 1. The standard InChI is InChI=1S/C16H20FN3O4/c1-20(2)11-6-4-9(8-12(24-3)14(11)17)15(22)18-10-5-7-13(21)19-16(10)23/h4,6,8,10,14H,5,7H2,1-3H3,(H,18,22)(H,19,21,23). The summed E-state index contributed by atoms with van der Waals surface area (Å²) >= 11 is 0. The smallest absolute Gasteiger partial charge is 0.252 e. The molecule has 1 aliphatic heterocycles. The number of hydrogen-bond acceptors (Lipinski definition) is 5. The lowest BCUT2D eigenvalue weighted by Crippen LogP contribution is -2.52. The maximum atomic E-state index is 14.5. The zero-order chi connectivity index (χ0) is 17.9. The maximum Gasteiger partial charge on any atom is 0.252 e. The second-order valence-electron chi connectivity index (χ2n) is 5.70. The first-order valence-electron chi connectivity index (χ1n) is 7.47. The van der Waals surface area contributed by atoms with Gasteiger partial charge >= 0.3 is 0 Å². The first-order chi connectivity index (χ1) is 11.3. The number of rotatable bonds is 4. The van der Waals surface area contributed by atoms with Gasteiger partial charge in [0.1, 0.15) is 11.8 Å². The third-order valence-corrected chi connectivity index (χ3v) is 3.80. The Kier molecular flexibility index (Phi) is 5.38. The number of carbonyl (C=O) groups excluding carboxylic acids is 3. The van der Waals surface area contributed by atoms with Crippen LogP contribution in [-0.2, 0) is 19.1 Å². The second kappa shape index (κ2) is 7.29. The zero-order valence-corrected chi connectivity index (χ0v) is 13.8. The molecule has 2 unspecified atom stereocenters. The molecule has 24 heavy (non-hydrogen) atoms. The van der Waals surface area contributed by atoms with E-state index in [1.165, 1.54) is 25.3 Å². The molecule has 0 spiro atoms. The van der Waals surface area contributed by atoms with Gasteiger partial charge in [-0.1, -0.05) is 0 Å². The van der Waals surface area contributed by atoms with Gasteiger partial charge in [-0.05, 0) is 24.6 Å². The molecule has 2 aliphatic rings. The highest BCUT2D eigenvalue weighted by Crippen LogP contribution is 2.24. The third-order valence-electron chi connectivity index (χ3n) is 3.80. The molecule has 1 fully saturated rings. The summed E-state index contributed by atoms with van der Waals surface area (Å²) < 4.78 is 19.5. The van der Waals surface area contributed by atoms with Crippen LogP contribution in [0.2, 0.25) is 0 Å². The molecular weight excluding hydrogens is 317 g/mol. The first-order valence-corrected chi connectivity index (χ1v) is 7.47. The Balaban J connectivity index is 2.20. The lowest BCUT2D eigenvalue weighted by atomic mass is 10.1. The van der Waals surface area contributed by atoms with E-state index in [9.17, 15) is 18.8 Å². The molecule has 3 amide bonds. The SMILES string of the molecule is COC1=CC(C(=O)NC2CCC(=O)NC2=O)=CC=C(N(C)C)C1F. The summed E-state index contributed by atoms with van der Waals surface area (Å²) in [5, 5.41) is 4.72. The summed E-state index contributed by atoms with van der Waals surface area (Å²) in [7, 11) is 4.70. The molecular formula is C16H20FN3O4. The highest BCUT2D eigenvalue weighted by molar-refractivity contribution is 6.04. The zero-order valence-electron chi connectivity index (χ0n) is 13.8. The Bertz CT molecular complexity index is 652. The molecule has 2 atom stereocenters. The van der Waals surface area contributed by atoms with Crippen molar-refractivity contribution < 1.29 is 23.5 Å². The van der Waals surface area contributed by atoms with Crippen LogP contribution in [0.4, 0.5) is 4.39 Å². The molecule has 1 aliphatic carbocycles. The van der Waals surface area contributed by atoms with Crippen LogP contribution in [0.25, 0.3) is 0 Å². The van der Waals surface area contributed by atoms with Gasteiger partial charge in [-0.15, -0.1) is 0 Å². The van der Waals surface area contributed by atoms with Crippen molar-refractivity contribution in [2.75, 3.05) is 21.2 Å². The summed E-state index contributed by atoms with van der Waals surface area (Å²) in [4.78, 5) is 36.8. The van der Waals surface area contributed by atoms with E-state index >= 15 is 0 Å². The Morgan fingerprint density at radius 3 is 2.67 bits per heavy atom. The molecule has 0 radical (unpaired) electrons. The molecule has 0 aromatic rings. The summed E-state index contributed by atoms with van der Waals surface area (Å²) in [6, 6.07) is -0.794. The number of imide groups is 1. The second-order valence-corrected chi connectivity index (χ2v) is 5.70. The number of amides is 3. The van der Waals surface area contributed by atoms with Crippen LogP contribution in [0.3, 0.4) is 0 Å². The molecule has 1 heterocycles. The number of halogens is 1. The monoisotopic (exact) mass is 337 g/mol. The highest BCUT2D eigenvalue weighted by Gasteiger charge is 2.29. The number of carbonyl (C=O) groups is 3. The molecule has 1 saturated heterocycles. The quantitative estimate of drug-likeness (QED) is 0.714. The van der Waals surface area contributed by atoms with Crippen LogP contribution >= 0.6 is 0 Å². The summed E-state index contributed by atoms with van der Waals surface area (Å²) in [6.45, 7) is 0. The van der Waals surface area contributed by atoms with Crippen LogP contribution in [-0.4, -0.2) is 56.0 Å². The van der Waals surface area contributed by atoms with Crippen molar-refractivity contribution in [2.45, 2.75) is 25.1 Å². The molecule has 0 bridgehead atoms. The van der Waals surface area contributed by atoms with E-state index in [1.807, 2.05) is 0 Å². The molecule has 0 aromatic carbocycles. The van der Waals surface area contributed by atoms with Crippen molar-refractivity contribution >= 4 is 17.7 Å². The Hall–Kier alpha value is -2.64. The van der Waals surface area contributed by atoms with Gasteiger partial charge in [0.25, 0.3) is 5.91 Å². The number of ether oxygens (including phenoxy) is 1. The molecule has 0 aromatic heterocycles. The minimum atomic E-state index is -1.50. The number of alkyl halides is 1. The summed E-state index contributed by atoms with van der Waals surface area (Å²) in [6.07, 6.45) is 3.16. The predicted molar refractivity (Wildman–Crippen MR) is 84.2 cm³/mol. The van der Waals surface area contributed by atoms with E-state index in [0.717, 1.165) is 0 Å². The Morgan fingerprint density at radius 1 is 1.38 bits per heavy atom. The molecule has 7 nitrogen and oxygen atoms in total. The van der Waals surface area contributed by atoms with E-state index in [-0.39, 0.29) is 30.1 Å². The van der Waals surface area contributed by atoms with Gasteiger partial charge in [-0.3, -0.25) is 19.7 Å². The summed E-state index contributed by atoms with van der Waals surface area (Å²) in [5.41, 5.74) is 0.503. The van der Waals surface area contributed by atoms with Crippen LogP contribution in [0, 0.1) is 0 Å². The van der Waals surface area contributed by atoms with Gasteiger partial charge in [0.2, 0.25) is 11.8 Å². The van der Waals surface area contributed by atoms with Crippen LogP contribution in [0.5, 0.6) is 0 Å². The van der Waals surface area contributed by atoms with Gasteiger partial charge in [0.15, 0.2) is 6.17 Å². The third kappa shape index (κ3) is 3.81. The Labute approximate surface area is 139 Å². The van der Waals surface area contributed by atoms with Gasteiger partial charge in [-0.2, -0.15) is 0 Å². The average Bonchev–Trinajstić information content (AvgIpc) is 2.69. The lowest BCUT2D eigenvalue weighted by Gasteiger charge is -2.22. The fourth-order valence-corrected chi connectivity index (χ4v) is 2.43. The van der Waals surface area contributed by atoms with Crippen molar-refractivity contribution in [3.63, 3.8) is 0 Å². The van der Waals surface area contributed by atoms with Gasteiger partial charge < -0.3 is 15.0 Å². The van der Waals surface area contributed by atoms with Crippen molar-refractivity contribution in [3.05, 3.63) is 35.3 Å². The predicted octanol–water partition coefficient (Wildman–Crippen LogP) is 0.162. The van der Waals surface area contributed by atoms with E-state index < -0.39 is 24.0 Å². The molecule has 2 rings (SSSR count). The molecule has 0 saturated carbocycles. The van der Waals surface area contributed by atoms with Crippen molar-refractivity contribution in [3.8, 4) is 0 Å². The fourth-order valence-electron chi connectivity index (χ4n) is 2.43. The number of methoxy groups -OCH3 is 1. The molecule has 2 N–H and O–H groups in total. The number of nitrogens with one attached hydrogen (secondary N) is 2. The van der Waals surface area contributed by atoms with E-state index in [1.54, 1.807) is 19.0 Å². The normalized spacial score (nSPS) is 24.1. The largest absolute Gasteiger partial charge is 0.498 e. The van der Waals surface area contributed by atoms with E-state index in [4.69, 9.17) is 4.74 Å². The first kappa shape index (κ1) is 17.7. The van der Waals surface area contributed by atoms with Crippen LogP contribution in [0.1, 0.15) is 12.8 Å². The Morgan fingerprint density at radius 2 is 2.08 bits per heavy atom. The molecule has 130 valence electrons. The van der Waals surface area contributed by atoms with Crippen molar-refractivity contribution in [2.24, 2.45) is 0 Å².